The van der Waals surface area contributed by atoms with Gasteiger partial charge in [-0.15, -0.1) is 10.2 Å². The number of nitrogens with zero attached hydrogens (tertiary/aromatic N) is 4. The number of benzene rings is 1. The monoisotopic (exact) mass is 417 g/mol. The Balaban J connectivity index is 1.56. The SMILES string of the molecule is CC(C)CCNC(=O)c1ccc(N2CCN(C(=O)c3c(F)cccc3F)CC2)nn1. The van der Waals surface area contributed by atoms with Crippen LogP contribution < -0.4 is 10.2 Å². The number of amides is 2. The van der Waals surface area contributed by atoms with Gasteiger partial charge in [0.1, 0.15) is 17.2 Å². The fourth-order valence-electron chi connectivity index (χ4n) is 3.18. The Morgan fingerprint density at radius 1 is 1.03 bits per heavy atom. The number of nitrogens with one attached hydrogen (secondary N) is 1. The van der Waals surface area contributed by atoms with Gasteiger partial charge in [-0.1, -0.05) is 19.9 Å². The fourth-order valence-corrected chi connectivity index (χ4v) is 3.18. The third-order valence-electron chi connectivity index (χ3n) is 4.96. The molecule has 3 rings (SSSR count). The van der Waals surface area contributed by atoms with Crippen molar-refractivity contribution < 1.29 is 18.4 Å². The van der Waals surface area contributed by atoms with Gasteiger partial charge in [0.05, 0.1) is 0 Å². The van der Waals surface area contributed by atoms with Crippen molar-refractivity contribution in [1.29, 1.82) is 0 Å². The molecule has 1 fully saturated rings. The van der Waals surface area contributed by atoms with Gasteiger partial charge >= 0.3 is 0 Å². The maximum Gasteiger partial charge on any atom is 0.271 e. The van der Waals surface area contributed by atoms with Crippen LogP contribution >= 0.6 is 0 Å². The number of halogens is 2. The van der Waals surface area contributed by atoms with Gasteiger partial charge in [-0.2, -0.15) is 0 Å². The topological polar surface area (TPSA) is 78.4 Å². The molecule has 1 saturated heterocycles. The van der Waals surface area contributed by atoms with Crippen molar-refractivity contribution in [3.8, 4) is 0 Å². The first-order valence-electron chi connectivity index (χ1n) is 9.97. The number of carbonyl (C=O) groups is 2. The summed E-state index contributed by atoms with van der Waals surface area (Å²) in [5.74, 6) is -1.58. The molecule has 0 unspecified atom stereocenters. The average Bonchev–Trinajstić information content (AvgIpc) is 2.73. The summed E-state index contributed by atoms with van der Waals surface area (Å²) in [4.78, 5) is 27.9. The Bertz CT molecular complexity index is 877. The number of aromatic nitrogens is 2. The lowest BCUT2D eigenvalue weighted by atomic mass is 10.1. The highest BCUT2D eigenvalue weighted by Crippen LogP contribution is 2.18. The first kappa shape index (κ1) is 21.6. The second kappa shape index (κ2) is 9.60. The molecule has 1 aromatic heterocycles. The highest BCUT2D eigenvalue weighted by Gasteiger charge is 2.27. The number of anilines is 1. The summed E-state index contributed by atoms with van der Waals surface area (Å²) in [6.07, 6.45) is 0.886. The van der Waals surface area contributed by atoms with Crippen molar-refractivity contribution in [3.63, 3.8) is 0 Å². The molecule has 2 amide bonds. The van der Waals surface area contributed by atoms with Gasteiger partial charge in [0.25, 0.3) is 11.8 Å². The molecule has 2 heterocycles. The molecule has 2 aromatic rings. The summed E-state index contributed by atoms with van der Waals surface area (Å²) in [5, 5.41) is 10.9. The molecular formula is C21H25F2N5O2. The molecular weight excluding hydrogens is 392 g/mol. The van der Waals surface area contributed by atoms with Crippen LogP contribution in [0.15, 0.2) is 30.3 Å². The maximum absolute atomic E-state index is 13.9. The lowest BCUT2D eigenvalue weighted by molar-refractivity contribution is 0.0736. The number of hydrogen-bond donors (Lipinski definition) is 1. The van der Waals surface area contributed by atoms with E-state index in [1.807, 2.05) is 4.90 Å². The first-order chi connectivity index (χ1) is 14.4. The molecule has 0 atom stereocenters. The molecule has 0 spiro atoms. The quantitative estimate of drug-likeness (QED) is 0.781. The van der Waals surface area contributed by atoms with Crippen LogP contribution in [0, 0.1) is 17.6 Å². The van der Waals surface area contributed by atoms with Gasteiger partial charge in [0.15, 0.2) is 11.5 Å². The predicted octanol–water partition coefficient (Wildman–Crippen LogP) is 2.49. The third-order valence-corrected chi connectivity index (χ3v) is 4.96. The van der Waals surface area contributed by atoms with Crippen molar-refractivity contribution >= 4 is 17.6 Å². The van der Waals surface area contributed by atoms with Crippen LogP contribution in [0.2, 0.25) is 0 Å². The van der Waals surface area contributed by atoms with Crippen LogP contribution in [0.5, 0.6) is 0 Å². The molecule has 7 nitrogen and oxygen atoms in total. The van der Waals surface area contributed by atoms with Crippen LogP contribution in [0.1, 0.15) is 41.1 Å². The molecule has 1 aliphatic rings. The summed E-state index contributed by atoms with van der Waals surface area (Å²) in [5.41, 5.74) is -0.287. The van der Waals surface area contributed by atoms with E-state index in [-0.39, 0.29) is 11.6 Å². The molecule has 9 heteroatoms. The predicted molar refractivity (Wildman–Crippen MR) is 108 cm³/mol. The van der Waals surface area contributed by atoms with Gasteiger partial charge in [0.2, 0.25) is 0 Å². The van der Waals surface area contributed by atoms with Crippen molar-refractivity contribution in [2.45, 2.75) is 20.3 Å². The Kier molecular flexibility index (Phi) is 6.91. The number of piperazine rings is 1. The second-order valence-electron chi connectivity index (χ2n) is 7.59. The van der Waals surface area contributed by atoms with Gasteiger partial charge in [-0.05, 0) is 36.6 Å². The standard InChI is InChI=1S/C21H25F2N5O2/c1-14(2)8-9-24-20(29)17-6-7-18(26-25-17)27-10-12-28(13-11-27)21(30)19-15(22)4-3-5-16(19)23/h3-7,14H,8-13H2,1-2H3,(H,24,29). The second-order valence-corrected chi connectivity index (χ2v) is 7.59. The molecule has 0 bridgehead atoms. The van der Waals surface area contributed by atoms with Crippen molar-refractivity contribution in [2.75, 3.05) is 37.6 Å². The van der Waals surface area contributed by atoms with E-state index in [1.165, 1.54) is 11.0 Å². The zero-order valence-electron chi connectivity index (χ0n) is 17.1. The first-order valence-corrected chi connectivity index (χ1v) is 9.97. The van der Waals surface area contributed by atoms with Gasteiger partial charge in [-0.3, -0.25) is 9.59 Å². The highest BCUT2D eigenvalue weighted by atomic mass is 19.1. The number of hydrogen-bond acceptors (Lipinski definition) is 5. The van der Waals surface area contributed by atoms with E-state index in [0.717, 1.165) is 18.6 Å². The molecule has 1 aromatic carbocycles. The van der Waals surface area contributed by atoms with E-state index in [4.69, 9.17) is 0 Å². The van der Waals surface area contributed by atoms with Gasteiger partial charge < -0.3 is 15.1 Å². The van der Waals surface area contributed by atoms with Crippen LogP contribution in [0.4, 0.5) is 14.6 Å². The molecule has 1 aliphatic heterocycles. The zero-order valence-corrected chi connectivity index (χ0v) is 17.1. The Morgan fingerprint density at radius 2 is 1.70 bits per heavy atom. The van der Waals surface area contributed by atoms with E-state index < -0.39 is 23.1 Å². The van der Waals surface area contributed by atoms with Crippen molar-refractivity contribution in [3.05, 3.63) is 53.2 Å². The van der Waals surface area contributed by atoms with Crippen molar-refractivity contribution in [1.82, 2.24) is 20.4 Å². The lowest BCUT2D eigenvalue weighted by Crippen LogP contribution is -2.49. The summed E-state index contributed by atoms with van der Waals surface area (Å²) < 4.78 is 27.7. The fraction of sp³-hybridized carbons (Fsp3) is 0.429. The summed E-state index contributed by atoms with van der Waals surface area (Å²) in [6, 6.07) is 6.69. The number of rotatable bonds is 6. The van der Waals surface area contributed by atoms with E-state index in [9.17, 15) is 18.4 Å². The smallest absolute Gasteiger partial charge is 0.271 e. The minimum atomic E-state index is -0.865. The Hall–Kier alpha value is -3.10. The van der Waals surface area contributed by atoms with E-state index in [1.54, 1.807) is 12.1 Å². The molecule has 30 heavy (non-hydrogen) atoms. The number of carbonyl (C=O) groups excluding carboxylic acids is 2. The maximum atomic E-state index is 13.9. The normalized spacial score (nSPS) is 14.2. The minimum absolute atomic E-state index is 0.242. The Morgan fingerprint density at radius 3 is 2.27 bits per heavy atom. The lowest BCUT2D eigenvalue weighted by Gasteiger charge is -2.35. The van der Waals surface area contributed by atoms with Crippen LogP contribution in [-0.2, 0) is 0 Å². The molecule has 160 valence electrons. The van der Waals surface area contributed by atoms with E-state index >= 15 is 0 Å². The molecule has 0 aliphatic carbocycles. The summed E-state index contributed by atoms with van der Waals surface area (Å²) >= 11 is 0. The largest absolute Gasteiger partial charge is 0.352 e. The van der Waals surface area contributed by atoms with Crippen LogP contribution in [0.3, 0.4) is 0 Å². The highest BCUT2D eigenvalue weighted by molar-refractivity contribution is 5.95. The Labute approximate surface area is 174 Å². The minimum Gasteiger partial charge on any atom is -0.352 e. The third kappa shape index (κ3) is 5.08. The van der Waals surface area contributed by atoms with E-state index in [0.29, 0.717) is 44.5 Å². The van der Waals surface area contributed by atoms with Gasteiger partial charge in [-0.25, -0.2) is 8.78 Å². The average molecular weight is 417 g/mol. The van der Waals surface area contributed by atoms with E-state index in [2.05, 4.69) is 29.4 Å². The van der Waals surface area contributed by atoms with Crippen LogP contribution in [-0.4, -0.2) is 59.6 Å². The summed E-state index contributed by atoms with van der Waals surface area (Å²) in [7, 11) is 0. The molecule has 1 N–H and O–H groups in total. The van der Waals surface area contributed by atoms with Gasteiger partial charge in [0, 0.05) is 32.7 Å². The zero-order chi connectivity index (χ0) is 21.7. The summed E-state index contributed by atoms with van der Waals surface area (Å²) in [6.45, 7) is 6.23. The molecule has 0 radical (unpaired) electrons. The van der Waals surface area contributed by atoms with Crippen molar-refractivity contribution in [2.24, 2.45) is 5.92 Å². The van der Waals surface area contributed by atoms with Crippen LogP contribution in [0.25, 0.3) is 0 Å². The molecule has 0 saturated carbocycles.